The highest BCUT2D eigenvalue weighted by Gasteiger charge is 2.21. The maximum absolute atomic E-state index is 10.3. The van der Waals surface area contributed by atoms with Crippen molar-refractivity contribution in [2.75, 3.05) is 0 Å². The van der Waals surface area contributed by atoms with Crippen molar-refractivity contribution in [3.63, 3.8) is 0 Å². The van der Waals surface area contributed by atoms with E-state index in [0.717, 1.165) is 6.20 Å². The van der Waals surface area contributed by atoms with Crippen LogP contribution in [-0.2, 0) is 0 Å². The van der Waals surface area contributed by atoms with Crippen molar-refractivity contribution in [3.8, 4) is 0 Å². The number of nitro groups is 1. The first-order valence-electron chi connectivity index (χ1n) is 2.92. The van der Waals surface area contributed by atoms with Gasteiger partial charge in [-0.05, 0) is 9.91 Å². The highest BCUT2D eigenvalue weighted by molar-refractivity contribution is 6.32. The number of carbonyl (C=O) groups is 1. The van der Waals surface area contributed by atoms with E-state index in [1.54, 1.807) is 0 Å². The molecule has 0 bridgehead atoms. The van der Waals surface area contributed by atoms with E-state index in [9.17, 15) is 14.9 Å². The highest BCUT2D eigenvalue weighted by atomic mass is 35.5. The van der Waals surface area contributed by atoms with Crippen molar-refractivity contribution < 1.29 is 14.8 Å². The van der Waals surface area contributed by atoms with Crippen molar-refractivity contribution in [1.82, 2.24) is 9.97 Å². The molecule has 8 heteroatoms. The molecule has 13 heavy (non-hydrogen) atoms. The number of carboxylic acids is 1. The summed E-state index contributed by atoms with van der Waals surface area (Å²) in [5.41, 5.74) is 0. The number of aromatic carboxylic acids is 1. The SMILES string of the molecule is O=C(O)c1ncc(Cl)c([N+](=O)[O-])n1. The van der Waals surface area contributed by atoms with Gasteiger partial charge in [0, 0.05) is 0 Å². The Morgan fingerprint density at radius 2 is 2.31 bits per heavy atom. The molecular weight excluding hydrogens is 202 g/mol. The molecule has 0 spiro atoms. The average Bonchev–Trinajstić information content (AvgIpc) is 2.04. The van der Waals surface area contributed by atoms with E-state index in [0.29, 0.717) is 0 Å². The second kappa shape index (κ2) is 3.31. The molecule has 1 rings (SSSR count). The van der Waals surface area contributed by atoms with Crippen molar-refractivity contribution in [2.45, 2.75) is 0 Å². The molecule has 1 aromatic rings. The summed E-state index contributed by atoms with van der Waals surface area (Å²) in [6.07, 6.45) is 0.871. The molecule has 1 N–H and O–H groups in total. The molecule has 0 amide bonds. The fraction of sp³-hybridized carbons (Fsp3) is 0. The molecular formula is C5H2ClN3O4. The topological polar surface area (TPSA) is 106 Å². The summed E-state index contributed by atoms with van der Waals surface area (Å²) in [5.74, 6) is -2.81. The maximum atomic E-state index is 10.3. The van der Waals surface area contributed by atoms with E-state index in [1.807, 2.05) is 0 Å². The van der Waals surface area contributed by atoms with Gasteiger partial charge in [0.25, 0.3) is 0 Å². The van der Waals surface area contributed by atoms with Gasteiger partial charge in [0.15, 0.2) is 5.02 Å². The largest absolute Gasteiger partial charge is 0.474 e. The number of nitrogens with zero attached hydrogens (tertiary/aromatic N) is 3. The third kappa shape index (κ3) is 1.88. The van der Waals surface area contributed by atoms with Crippen LogP contribution in [0.3, 0.4) is 0 Å². The molecule has 68 valence electrons. The lowest BCUT2D eigenvalue weighted by molar-refractivity contribution is -0.389. The normalized spacial score (nSPS) is 9.62. The van der Waals surface area contributed by atoms with E-state index in [4.69, 9.17) is 16.7 Å². The van der Waals surface area contributed by atoms with Crippen molar-refractivity contribution in [1.29, 1.82) is 0 Å². The first-order valence-corrected chi connectivity index (χ1v) is 3.30. The Kier molecular flexibility index (Phi) is 2.38. The summed E-state index contributed by atoms with van der Waals surface area (Å²) in [4.78, 5) is 26.1. The number of hydrogen-bond donors (Lipinski definition) is 1. The molecule has 0 aliphatic heterocycles. The predicted molar refractivity (Wildman–Crippen MR) is 40.7 cm³/mol. The zero-order chi connectivity index (χ0) is 10.0. The molecule has 0 radical (unpaired) electrons. The van der Waals surface area contributed by atoms with E-state index in [2.05, 4.69) is 9.97 Å². The monoisotopic (exact) mass is 203 g/mol. The van der Waals surface area contributed by atoms with E-state index in [1.165, 1.54) is 0 Å². The summed E-state index contributed by atoms with van der Waals surface area (Å²) in [6, 6.07) is 0. The minimum atomic E-state index is -1.44. The Hall–Kier alpha value is -1.76. The van der Waals surface area contributed by atoms with E-state index in [-0.39, 0.29) is 5.02 Å². The Labute approximate surface area is 76.1 Å². The highest BCUT2D eigenvalue weighted by Crippen LogP contribution is 2.19. The standard InChI is InChI=1S/C5H2ClN3O4/c6-2-1-7-3(5(10)11)8-4(2)9(12)13/h1H,(H,10,11). The zero-order valence-electron chi connectivity index (χ0n) is 5.97. The van der Waals surface area contributed by atoms with Gasteiger partial charge in [-0.25, -0.2) is 9.78 Å². The van der Waals surface area contributed by atoms with Crippen molar-refractivity contribution >= 4 is 23.4 Å². The van der Waals surface area contributed by atoms with Gasteiger partial charge in [0.2, 0.25) is 0 Å². The van der Waals surface area contributed by atoms with Crippen LogP contribution in [0.1, 0.15) is 10.6 Å². The maximum Gasteiger partial charge on any atom is 0.400 e. The summed E-state index contributed by atoms with van der Waals surface area (Å²) in [5, 5.41) is 18.3. The molecule has 0 saturated carbocycles. The van der Waals surface area contributed by atoms with Crippen LogP contribution in [0.4, 0.5) is 5.82 Å². The second-order valence-corrected chi connectivity index (χ2v) is 2.33. The molecule has 1 aromatic heterocycles. The van der Waals surface area contributed by atoms with Gasteiger partial charge >= 0.3 is 17.6 Å². The van der Waals surface area contributed by atoms with Crippen LogP contribution in [0.5, 0.6) is 0 Å². The predicted octanol–water partition coefficient (Wildman–Crippen LogP) is 0.736. The lowest BCUT2D eigenvalue weighted by Crippen LogP contribution is -2.06. The molecule has 0 aromatic carbocycles. The number of carboxylic acid groups (broad SMARTS) is 1. The molecule has 1 heterocycles. The average molecular weight is 204 g/mol. The van der Waals surface area contributed by atoms with Crippen LogP contribution < -0.4 is 0 Å². The third-order valence-corrected chi connectivity index (χ3v) is 1.36. The third-order valence-electron chi connectivity index (χ3n) is 1.09. The smallest absolute Gasteiger partial charge is 0.400 e. The molecule has 0 atom stereocenters. The van der Waals surface area contributed by atoms with Crippen LogP contribution in [0.2, 0.25) is 5.02 Å². The lowest BCUT2D eigenvalue weighted by Gasteiger charge is -1.93. The Morgan fingerprint density at radius 3 is 2.77 bits per heavy atom. The van der Waals surface area contributed by atoms with Gasteiger partial charge in [-0.3, -0.25) is 0 Å². The minimum absolute atomic E-state index is 0.296. The van der Waals surface area contributed by atoms with Crippen LogP contribution >= 0.6 is 11.6 Å². The van der Waals surface area contributed by atoms with E-state index < -0.39 is 22.5 Å². The first-order chi connectivity index (χ1) is 6.02. The molecule has 0 fully saturated rings. The molecule has 0 aliphatic rings. The molecule has 0 aliphatic carbocycles. The number of rotatable bonds is 2. The Bertz CT molecular complexity index is 380. The fourth-order valence-electron chi connectivity index (χ4n) is 0.589. The molecule has 0 unspecified atom stereocenters. The summed E-state index contributed by atoms with van der Waals surface area (Å²) >= 11 is 5.34. The quantitative estimate of drug-likeness (QED) is 0.561. The zero-order valence-corrected chi connectivity index (χ0v) is 6.72. The van der Waals surface area contributed by atoms with E-state index >= 15 is 0 Å². The van der Waals surface area contributed by atoms with Crippen LogP contribution in [0, 0.1) is 10.1 Å². The molecule has 7 nitrogen and oxygen atoms in total. The lowest BCUT2D eigenvalue weighted by atomic mass is 10.5. The van der Waals surface area contributed by atoms with Gasteiger partial charge in [0.1, 0.15) is 0 Å². The minimum Gasteiger partial charge on any atom is -0.474 e. The van der Waals surface area contributed by atoms with Crippen LogP contribution in [0.15, 0.2) is 6.20 Å². The number of hydrogen-bond acceptors (Lipinski definition) is 5. The Balaban J connectivity index is 3.27. The van der Waals surface area contributed by atoms with Crippen LogP contribution in [-0.4, -0.2) is 26.0 Å². The first kappa shape index (κ1) is 9.33. The van der Waals surface area contributed by atoms with Gasteiger partial charge in [-0.2, -0.15) is 0 Å². The van der Waals surface area contributed by atoms with Crippen molar-refractivity contribution in [3.05, 3.63) is 27.2 Å². The number of aromatic nitrogens is 2. The summed E-state index contributed by atoms with van der Waals surface area (Å²) in [7, 11) is 0. The van der Waals surface area contributed by atoms with Crippen molar-refractivity contribution in [2.24, 2.45) is 0 Å². The van der Waals surface area contributed by atoms with Crippen LogP contribution in [0.25, 0.3) is 0 Å². The van der Waals surface area contributed by atoms with Gasteiger partial charge in [-0.1, -0.05) is 11.6 Å². The van der Waals surface area contributed by atoms with Gasteiger partial charge in [0.05, 0.1) is 6.20 Å². The summed E-state index contributed by atoms with van der Waals surface area (Å²) in [6.45, 7) is 0. The molecule has 0 saturated heterocycles. The van der Waals surface area contributed by atoms with Gasteiger partial charge < -0.3 is 15.2 Å². The Morgan fingerprint density at radius 1 is 1.69 bits per heavy atom. The fourth-order valence-corrected chi connectivity index (χ4v) is 0.749. The van der Waals surface area contributed by atoms with Gasteiger partial charge in [-0.15, -0.1) is 0 Å². The second-order valence-electron chi connectivity index (χ2n) is 1.93. The summed E-state index contributed by atoms with van der Waals surface area (Å²) < 4.78 is 0. The number of halogens is 1.